The van der Waals surface area contributed by atoms with E-state index in [1.807, 2.05) is 6.07 Å². The van der Waals surface area contributed by atoms with Crippen molar-refractivity contribution in [1.82, 2.24) is 14.9 Å². The van der Waals surface area contributed by atoms with E-state index in [2.05, 4.69) is 55.7 Å². The van der Waals surface area contributed by atoms with Crippen molar-refractivity contribution in [3.8, 4) is 0 Å². The van der Waals surface area contributed by atoms with Crippen LogP contribution in [0.5, 0.6) is 0 Å². The van der Waals surface area contributed by atoms with Gasteiger partial charge in [-0.15, -0.1) is 0 Å². The summed E-state index contributed by atoms with van der Waals surface area (Å²) in [6.07, 6.45) is 3.35. The van der Waals surface area contributed by atoms with Gasteiger partial charge in [-0.1, -0.05) is 6.07 Å². The third-order valence-electron chi connectivity index (χ3n) is 4.81. The van der Waals surface area contributed by atoms with Crippen LogP contribution in [0, 0.1) is 20.8 Å². The van der Waals surface area contributed by atoms with Gasteiger partial charge >= 0.3 is 5.97 Å². The summed E-state index contributed by atoms with van der Waals surface area (Å²) < 4.78 is 5.24. The molecule has 0 unspecified atom stereocenters. The molecule has 2 aromatic rings. The first-order chi connectivity index (χ1) is 11.8. The van der Waals surface area contributed by atoms with Gasteiger partial charge in [0.25, 0.3) is 0 Å². The molecule has 0 aliphatic carbocycles. The van der Waals surface area contributed by atoms with Crippen LogP contribution in [0.25, 0.3) is 0 Å². The summed E-state index contributed by atoms with van der Waals surface area (Å²) >= 11 is 0. The zero-order valence-corrected chi connectivity index (χ0v) is 16.0. The molecular formula is C20H27N3O2. The molecule has 134 valence electrons. The highest BCUT2D eigenvalue weighted by atomic mass is 16.5. The molecule has 0 aliphatic heterocycles. The van der Waals surface area contributed by atoms with Gasteiger partial charge in [-0.05, 0) is 68.6 Å². The van der Waals surface area contributed by atoms with Gasteiger partial charge in [0.2, 0.25) is 0 Å². The summed E-state index contributed by atoms with van der Waals surface area (Å²) in [4.78, 5) is 21.8. The van der Waals surface area contributed by atoms with Crippen LogP contribution in [-0.4, -0.2) is 27.9 Å². The van der Waals surface area contributed by atoms with E-state index in [1.54, 1.807) is 12.5 Å². The minimum atomic E-state index is -0.254. The lowest BCUT2D eigenvalue weighted by Gasteiger charge is -2.27. The second-order valence-electron chi connectivity index (χ2n) is 6.60. The Morgan fingerprint density at radius 2 is 1.92 bits per heavy atom. The summed E-state index contributed by atoms with van der Waals surface area (Å²) in [5.74, 6) is -0.254. The fourth-order valence-electron chi connectivity index (χ4n) is 3.07. The number of esters is 1. The summed E-state index contributed by atoms with van der Waals surface area (Å²) in [7, 11) is 2.09. The molecule has 0 aliphatic rings. The van der Waals surface area contributed by atoms with E-state index in [0.717, 1.165) is 23.4 Å². The molecule has 5 heteroatoms. The van der Waals surface area contributed by atoms with Gasteiger partial charge in [0.15, 0.2) is 0 Å². The third-order valence-corrected chi connectivity index (χ3v) is 4.81. The van der Waals surface area contributed by atoms with Crippen molar-refractivity contribution in [2.24, 2.45) is 0 Å². The molecule has 0 saturated heterocycles. The van der Waals surface area contributed by atoms with Crippen molar-refractivity contribution < 1.29 is 9.53 Å². The second-order valence-corrected chi connectivity index (χ2v) is 6.60. The van der Waals surface area contributed by atoms with E-state index in [-0.39, 0.29) is 12.0 Å². The first-order valence-electron chi connectivity index (χ1n) is 8.49. The SMILES string of the molecule is CC(=O)OCc1c(C)cc(C)c(CN(C)[C@@H](C)c2ccncn2)c1C. The largest absolute Gasteiger partial charge is 0.461 e. The standard InChI is InChI=1S/C20H27N3O2/c1-13-9-14(2)19(11-25-17(5)24)15(3)18(13)10-23(6)16(4)20-7-8-21-12-22-20/h7-9,12,16H,10-11H2,1-6H3/t16-/m0/s1. The molecule has 0 N–H and O–H groups in total. The fourth-order valence-corrected chi connectivity index (χ4v) is 3.07. The quantitative estimate of drug-likeness (QED) is 0.751. The molecule has 2 rings (SSSR count). The molecule has 0 radical (unpaired) electrons. The van der Waals surface area contributed by atoms with E-state index in [9.17, 15) is 4.79 Å². The molecule has 0 fully saturated rings. The predicted molar refractivity (Wildman–Crippen MR) is 98.0 cm³/mol. The summed E-state index contributed by atoms with van der Waals surface area (Å²) in [6.45, 7) is 11.0. The van der Waals surface area contributed by atoms with Gasteiger partial charge in [-0.2, -0.15) is 0 Å². The molecular weight excluding hydrogens is 314 g/mol. The van der Waals surface area contributed by atoms with Crippen LogP contribution in [0.4, 0.5) is 0 Å². The lowest BCUT2D eigenvalue weighted by Crippen LogP contribution is -2.24. The average molecular weight is 341 g/mol. The lowest BCUT2D eigenvalue weighted by atomic mass is 9.93. The number of ether oxygens (including phenoxy) is 1. The number of aryl methyl sites for hydroxylation is 2. The first-order valence-corrected chi connectivity index (χ1v) is 8.49. The Morgan fingerprint density at radius 3 is 2.52 bits per heavy atom. The van der Waals surface area contributed by atoms with E-state index in [1.165, 1.54) is 23.6 Å². The van der Waals surface area contributed by atoms with Gasteiger partial charge in [0, 0.05) is 25.7 Å². The van der Waals surface area contributed by atoms with Crippen LogP contribution in [0.1, 0.15) is 53.4 Å². The number of carbonyl (C=O) groups excluding carboxylic acids is 1. The van der Waals surface area contributed by atoms with Crippen molar-refractivity contribution >= 4 is 5.97 Å². The van der Waals surface area contributed by atoms with Crippen LogP contribution in [0.15, 0.2) is 24.7 Å². The van der Waals surface area contributed by atoms with Crippen molar-refractivity contribution in [1.29, 1.82) is 0 Å². The zero-order chi connectivity index (χ0) is 18.6. The van der Waals surface area contributed by atoms with E-state index in [0.29, 0.717) is 6.61 Å². The molecule has 25 heavy (non-hydrogen) atoms. The van der Waals surface area contributed by atoms with Crippen molar-refractivity contribution in [2.45, 2.75) is 53.8 Å². The van der Waals surface area contributed by atoms with Crippen LogP contribution in [0.2, 0.25) is 0 Å². The van der Waals surface area contributed by atoms with Gasteiger partial charge in [0.1, 0.15) is 12.9 Å². The molecule has 5 nitrogen and oxygen atoms in total. The topological polar surface area (TPSA) is 55.3 Å². The average Bonchev–Trinajstić information content (AvgIpc) is 2.58. The molecule has 1 heterocycles. The molecule has 1 aromatic heterocycles. The molecule has 1 aromatic carbocycles. The van der Waals surface area contributed by atoms with E-state index in [4.69, 9.17) is 4.74 Å². The number of hydrogen-bond donors (Lipinski definition) is 0. The number of rotatable bonds is 6. The molecule has 0 spiro atoms. The van der Waals surface area contributed by atoms with Gasteiger partial charge in [-0.3, -0.25) is 9.69 Å². The van der Waals surface area contributed by atoms with Gasteiger partial charge in [-0.25, -0.2) is 9.97 Å². The Kier molecular flexibility index (Phi) is 6.26. The minimum absolute atomic E-state index is 0.181. The van der Waals surface area contributed by atoms with Gasteiger partial charge in [0.05, 0.1) is 5.69 Å². The maximum absolute atomic E-state index is 11.2. The Morgan fingerprint density at radius 1 is 1.24 bits per heavy atom. The Balaban J connectivity index is 2.26. The summed E-state index contributed by atoms with van der Waals surface area (Å²) in [5, 5.41) is 0. The maximum atomic E-state index is 11.2. The van der Waals surface area contributed by atoms with Crippen LogP contribution >= 0.6 is 0 Å². The number of nitrogens with zero attached hydrogens (tertiary/aromatic N) is 3. The molecule has 0 bridgehead atoms. The summed E-state index contributed by atoms with van der Waals surface area (Å²) in [6, 6.07) is 4.30. The van der Waals surface area contributed by atoms with Crippen molar-refractivity contribution in [3.63, 3.8) is 0 Å². The monoisotopic (exact) mass is 341 g/mol. The van der Waals surface area contributed by atoms with Crippen LogP contribution in [0.3, 0.4) is 0 Å². The maximum Gasteiger partial charge on any atom is 0.302 e. The second kappa shape index (κ2) is 8.21. The minimum Gasteiger partial charge on any atom is -0.461 e. The Labute approximate surface area is 150 Å². The Bertz CT molecular complexity index is 744. The first kappa shape index (κ1) is 19.1. The van der Waals surface area contributed by atoms with Gasteiger partial charge < -0.3 is 4.74 Å². The highest BCUT2D eigenvalue weighted by Crippen LogP contribution is 2.26. The number of hydrogen-bond acceptors (Lipinski definition) is 5. The molecule has 1 atom stereocenters. The molecule has 0 saturated carbocycles. The Hall–Kier alpha value is -2.27. The smallest absolute Gasteiger partial charge is 0.302 e. The number of aromatic nitrogens is 2. The van der Waals surface area contributed by atoms with Crippen molar-refractivity contribution in [2.75, 3.05) is 7.05 Å². The lowest BCUT2D eigenvalue weighted by molar-refractivity contribution is -0.142. The normalized spacial score (nSPS) is 12.3. The van der Waals surface area contributed by atoms with E-state index < -0.39 is 0 Å². The predicted octanol–water partition coefficient (Wildman–Crippen LogP) is 3.66. The number of carbonyl (C=O) groups is 1. The zero-order valence-electron chi connectivity index (χ0n) is 16.0. The van der Waals surface area contributed by atoms with Crippen molar-refractivity contribution in [3.05, 3.63) is 58.2 Å². The van der Waals surface area contributed by atoms with Crippen LogP contribution in [-0.2, 0) is 22.7 Å². The molecule has 0 amide bonds. The fraction of sp³-hybridized carbons (Fsp3) is 0.450. The van der Waals surface area contributed by atoms with Crippen LogP contribution < -0.4 is 0 Å². The third kappa shape index (κ3) is 4.63. The summed E-state index contributed by atoms with van der Waals surface area (Å²) in [5.41, 5.74) is 6.98. The highest BCUT2D eigenvalue weighted by molar-refractivity contribution is 5.66. The van der Waals surface area contributed by atoms with E-state index >= 15 is 0 Å². The number of benzene rings is 1. The highest BCUT2D eigenvalue weighted by Gasteiger charge is 2.18.